The van der Waals surface area contributed by atoms with Crippen molar-refractivity contribution in [1.82, 2.24) is 0 Å². The maximum absolute atomic E-state index is 5.51. The highest BCUT2D eigenvalue weighted by atomic mass is 16.5. The number of quaternary nitrogens is 1. The summed E-state index contributed by atoms with van der Waals surface area (Å²) in [5, 5.41) is 0. The van der Waals surface area contributed by atoms with Crippen molar-refractivity contribution in [1.29, 1.82) is 0 Å². The summed E-state index contributed by atoms with van der Waals surface area (Å²) in [6, 6.07) is 0. The minimum absolute atomic E-state index is 0.339. The standard InChI is InChI=1S/C8H19NO/c1-5-6-7-10-8(2)9(3)4/h8H,5-7H2,1-4H3/p+1. The number of unbranched alkanes of at least 4 members (excludes halogenated alkanes) is 1. The summed E-state index contributed by atoms with van der Waals surface area (Å²) in [6.07, 6.45) is 2.74. The normalized spacial score (nSPS) is 14.1. The van der Waals surface area contributed by atoms with Gasteiger partial charge in [0, 0.05) is 6.92 Å². The molecule has 0 radical (unpaired) electrons. The van der Waals surface area contributed by atoms with Gasteiger partial charge in [0.2, 0.25) is 0 Å². The van der Waals surface area contributed by atoms with Crippen LogP contribution in [0.2, 0.25) is 0 Å². The molecule has 0 aliphatic rings. The predicted molar refractivity (Wildman–Crippen MR) is 43.1 cm³/mol. The van der Waals surface area contributed by atoms with E-state index >= 15 is 0 Å². The average molecular weight is 146 g/mol. The van der Waals surface area contributed by atoms with Crippen LogP contribution in [0.5, 0.6) is 0 Å². The zero-order chi connectivity index (χ0) is 7.98. The molecule has 62 valence electrons. The topological polar surface area (TPSA) is 13.7 Å². The minimum Gasteiger partial charge on any atom is -0.330 e. The Morgan fingerprint density at radius 1 is 1.40 bits per heavy atom. The predicted octanol–water partition coefficient (Wildman–Crippen LogP) is 0.294. The summed E-state index contributed by atoms with van der Waals surface area (Å²) >= 11 is 0. The number of hydrogen-bond acceptors (Lipinski definition) is 1. The van der Waals surface area contributed by atoms with Crippen molar-refractivity contribution in [2.75, 3.05) is 20.7 Å². The van der Waals surface area contributed by atoms with Gasteiger partial charge >= 0.3 is 0 Å². The van der Waals surface area contributed by atoms with E-state index in [0.29, 0.717) is 6.23 Å². The molecule has 1 unspecified atom stereocenters. The van der Waals surface area contributed by atoms with Crippen LogP contribution in [-0.2, 0) is 4.74 Å². The monoisotopic (exact) mass is 146 g/mol. The Morgan fingerprint density at radius 3 is 2.40 bits per heavy atom. The van der Waals surface area contributed by atoms with E-state index in [1.165, 1.54) is 17.7 Å². The molecule has 2 nitrogen and oxygen atoms in total. The molecule has 0 heterocycles. The summed E-state index contributed by atoms with van der Waals surface area (Å²) in [6.45, 7) is 5.18. The van der Waals surface area contributed by atoms with Gasteiger partial charge in [-0.05, 0) is 6.42 Å². The maximum Gasteiger partial charge on any atom is 0.188 e. The summed E-state index contributed by atoms with van der Waals surface area (Å²) in [4.78, 5) is 1.36. The van der Waals surface area contributed by atoms with E-state index in [0.717, 1.165) is 6.61 Å². The first-order valence-corrected chi connectivity index (χ1v) is 4.10. The summed E-state index contributed by atoms with van der Waals surface area (Å²) in [5.74, 6) is 0. The van der Waals surface area contributed by atoms with Crippen LogP contribution in [0.4, 0.5) is 0 Å². The van der Waals surface area contributed by atoms with Crippen molar-refractivity contribution in [2.24, 2.45) is 0 Å². The van der Waals surface area contributed by atoms with Crippen molar-refractivity contribution in [3.63, 3.8) is 0 Å². The molecule has 0 saturated carbocycles. The summed E-state index contributed by atoms with van der Waals surface area (Å²) < 4.78 is 5.51. The van der Waals surface area contributed by atoms with Gasteiger partial charge in [0.15, 0.2) is 6.23 Å². The molecule has 2 heteroatoms. The fraction of sp³-hybridized carbons (Fsp3) is 1.00. The highest BCUT2D eigenvalue weighted by molar-refractivity contribution is 4.31. The molecule has 0 saturated heterocycles. The fourth-order valence-corrected chi connectivity index (χ4v) is 0.571. The van der Waals surface area contributed by atoms with Crippen molar-refractivity contribution < 1.29 is 9.64 Å². The second-order valence-electron chi connectivity index (χ2n) is 2.94. The molecule has 1 atom stereocenters. The second-order valence-corrected chi connectivity index (χ2v) is 2.94. The molecule has 0 amide bonds. The number of nitrogens with one attached hydrogen (secondary N) is 1. The zero-order valence-electron chi connectivity index (χ0n) is 7.61. The fourth-order valence-electron chi connectivity index (χ4n) is 0.571. The van der Waals surface area contributed by atoms with Crippen LogP contribution < -0.4 is 4.90 Å². The number of rotatable bonds is 5. The van der Waals surface area contributed by atoms with E-state index < -0.39 is 0 Å². The minimum atomic E-state index is 0.339. The maximum atomic E-state index is 5.51. The molecular formula is C8H20NO+. The van der Waals surface area contributed by atoms with Gasteiger partial charge in [0.25, 0.3) is 0 Å². The molecular weight excluding hydrogens is 126 g/mol. The third kappa shape index (κ3) is 4.77. The molecule has 0 aromatic heterocycles. The summed E-state index contributed by atoms with van der Waals surface area (Å²) in [7, 11) is 4.22. The largest absolute Gasteiger partial charge is 0.330 e. The van der Waals surface area contributed by atoms with Crippen LogP contribution in [0.3, 0.4) is 0 Å². The molecule has 0 aromatic rings. The van der Waals surface area contributed by atoms with Crippen molar-refractivity contribution in [3.8, 4) is 0 Å². The van der Waals surface area contributed by atoms with Crippen LogP contribution in [0.15, 0.2) is 0 Å². The van der Waals surface area contributed by atoms with Gasteiger partial charge in [-0.3, -0.25) is 0 Å². The molecule has 0 fully saturated rings. The van der Waals surface area contributed by atoms with Crippen molar-refractivity contribution in [3.05, 3.63) is 0 Å². The van der Waals surface area contributed by atoms with E-state index in [1.807, 2.05) is 0 Å². The van der Waals surface area contributed by atoms with Crippen molar-refractivity contribution >= 4 is 0 Å². The molecule has 0 spiro atoms. The summed E-state index contributed by atoms with van der Waals surface area (Å²) in [5.41, 5.74) is 0. The Labute approximate surface area is 64.2 Å². The molecule has 10 heavy (non-hydrogen) atoms. The lowest BCUT2D eigenvalue weighted by atomic mass is 10.4. The molecule has 1 N–H and O–H groups in total. The second kappa shape index (κ2) is 5.69. The Bertz CT molecular complexity index is 73.7. The van der Waals surface area contributed by atoms with Gasteiger partial charge in [-0.1, -0.05) is 13.3 Å². The lowest BCUT2D eigenvalue weighted by Crippen LogP contribution is -3.09. The van der Waals surface area contributed by atoms with Crippen molar-refractivity contribution in [2.45, 2.75) is 32.9 Å². The van der Waals surface area contributed by atoms with Crippen LogP contribution in [0.25, 0.3) is 0 Å². The Morgan fingerprint density at radius 2 is 2.00 bits per heavy atom. The zero-order valence-corrected chi connectivity index (χ0v) is 7.61. The first-order chi connectivity index (χ1) is 4.68. The van der Waals surface area contributed by atoms with E-state index in [-0.39, 0.29) is 0 Å². The lowest BCUT2D eigenvalue weighted by Gasteiger charge is -2.16. The third-order valence-electron chi connectivity index (χ3n) is 1.68. The Kier molecular flexibility index (Phi) is 5.64. The van der Waals surface area contributed by atoms with E-state index in [4.69, 9.17) is 4.74 Å². The molecule has 0 bridgehead atoms. The van der Waals surface area contributed by atoms with Gasteiger partial charge in [0.1, 0.15) is 0 Å². The SMILES string of the molecule is CCCCOC(C)[NH+](C)C. The lowest BCUT2D eigenvalue weighted by molar-refractivity contribution is -0.908. The average Bonchev–Trinajstić information content (AvgIpc) is 1.88. The van der Waals surface area contributed by atoms with Crippen LogP contribution >= 0.6 is 0 Å². The number of hydrogen-bond donors (Lipinski definition) is 1. The van der Waals surface area contributed by atoms with Gasteiger partial charge in [0.05, 0.1) is 20.7 Å². The Hall–Kier alpha value is -0.0800. The van der Waals surface area contributed by atoms with Gasteiger partial charge in [-0.2, -0.15) is 0 Å². The first-order valence-electron chi connectivity index (χ1n) is 4.10. The van der Waals surface area contributed by atoms with Gasteiger partial charge in [-0.15, -0.1) is 0 Å². The number of ether oxygens (including phenoxy) is 1. The molecule has 0 aliphatic heterocycles. The first kappa shape index (κ1) is 9.92. The molecule has 0 rings (SSSR count). The molecule has 0 aliphatic carbocycles. The third-order valence-corrected chi connectivity index (χ3v) is 1.68. The van der Waals surface area contributed by atoms with E-state index in [1.54, 1.807) is 0 Å². The van der Waals surface area contributed by atoms with Crippen LogP contribution in [0, 0.1) is 0 Å². The quantitative estimate of drug-likeness (QED) is 0.435. The molecule has 0 aromatic carbocycles. The smallest absolute Gasteiger partial charge is 0.188 e. The van der Waals surface area contributed by atoms with E-state index in [2.05, 4.69) is 27.9 Å². The van der Waals surface area contributed by atoms with Gasteiger partial charge in [-0.25, -0.2) is 0 Å². The van der Waals surface area contributed by atoms with E-state index in [9.17, 15) is 0 Å². The van der Waals surface area contributed by atoms with Crippen LogP contribution in [0.1, 0.15) is 26.7 Å². The highest BCUT2D eigenvalue weighted by Gasteiger charge is 2.05. The van der Waals surface area contributed by atoms with Crippen LogP contribution in [-0.4, -0.2) is 26.9 Å². The highest BCUT2D eigenvalue weighted by Crippen LogP contribution is 1.88. The Balaban J connectivity index is 3.13. The van der Waals surface area contributed by atoms with Gasteiger partial charge < -0.3 is 9.64 Å².